The molecule has 5 heteroatoms. The third-order valence-electron chi connectivity index (χ3n) is 10.8. The van der Waals surface area contributed by atoms with Crippen molar-refractivity contribution < 1.29 is 8.83 Å². The minimum atomic E-state index is 0.594. The summed E-state index contributed by atoms with van der Waals surface area (Å²) in [7, 11) is 0. The van der Waals surface area contributed by atoms with Crippen molar-refractivity contribution in [2.45, 2.75) is 6.92 Å². The first-order valence-electron chi connectivity index (χ1n) is 19.1. The lowest BCUT2D eigenvalue weighted by atomic mass is 9.97. The largest absolute Gasteiger partial charge is 0.456 e. The number of aromatic nitrogens is 3. The smallest absolute Gasteiger partial charge is 0.164 e. The van der Waals surface area contributed by atoms with E-state index in [2.05, 4.69) is 153 Å². The van der Waals surface area contributed by atoms with E-state index < -0.39 is 0 Å². The van der Waals surface area contributed by atoms with E-state index in [-0.39, 0.29) is 0 Å². The van der Waals surface area contributed by atoms with Crippen LogP contribution in [0, 0.1) is 6.92 Å². The second-order valence-electron chi connectivity index (χ2n) is 14.5. The van der Waals surface area contributed by atoms with Crippen LogP contribution in [-0.2, 0) is 0 Å². The maximum atomic E-state index is 6.32. The molecule has 0 aliphatic heterocycles. The lowest BCUT2D eigenvalue weighted by Gasteiger charge is -2.11. The fraction of sp³-hybridized carbons (Fsp3) is 0.0192. The Hall–Kier alpha value is -7.63. The van der Waals surface area contributed by atoms with Crippen LogP contribution in [0.3, 0.4) is 0 Å². The van der Waals surface area contributed by atoms with Gasteiger partial charge in [-0.25, -0.2) is 15.0 Å². The summed E-state index contributed by atoms with van der Waals surface area (Å²) in [6.07, 6.45) is 0. The van der Waals surface area contributed by atoms with Gasteiger partial charge in [-0.2, -0.15) is 0 Å². The monoisotopic (exact) mass is 731 g/mol. The van der Waals surface area contributed by atoms with Crippen molar-refractivity contribution in [3.8, 4) is 67.5 Å². The molecule has 57 heavy (non-hydrogen) atoms. The normalized spacial score (nSPS) is 11.6. The van der Waals surface area contributed by atoms with Crippen LogP contribution >= 0.6 is 0 Å². The SMILES string of the molecule is Cc1ccc2c(c1)oc1cccc(-c3cccc(-c4nc(-c5ccc(-c6ccccc6)cc5)nc(-c5cccc(-c6cccc7oc8ccccc8c67)c5)n4)c3)c12. The average Bonchev–Trinajstić information content (AvgIpc) is 3.85. The number of fused-ring (bicyclic) bond motifs is 6. The van der Waals surface area contributed by atoms with Gasteiger partial charge in [0.1, 0.15) is 22.3 Å². The Morgan fingerprint density at radius 3 is 1.42 bits per heavy atom. The number of rotatable bonds is 6. The van der Waals surface area contributed by atoms with Gasteiger partial charge >= 0.3 is 0 Å². The molecular formula is C52H33N3O2. The Morgan fingerprint density at radius 1 is 0.316 bits per heavy atom. The number of nitrogens with zero attached hydrogens (tertiary/aromatic N) is 3. The van der Waals surface area contributed by atoms with E-state index in [0.29, 0.717) is 17.5 Å². The molecule has 0 aliphatic carbocycles. The number of hydrogen-bond acceptors (Lipinski definition) is 5. The molecule has 0 saturated carbocycles. The second kappa shape index (κ2) is 13.3. The molecule has 11 aromatic rings. The van der Waals surface area contributed by atoms with Gasteiger partial charge in [-0.3, -0.25) is 0 Å². The van der Waals surface area contributed by atoms with Crippen molar-refractivity contribution in [3.05, 3.63) is 188 Å². The van der Waals surface area contributed by atoms with E-state index in [9.17, 15) is 0 Å². The Balaban J connectivity index is 1.06. The highest BCUT2D eigenvalue weighted by atomic mass is 16.3. The lowest BCUT2D eigenvalue weighted by Crippen LogP contribution is -2.00. The van der Waals surface area contributed by atoms with Gasteiger partial charge in [0.25, 0.3) is 0 Å². The molecule has 0 aliphatic rings. The van der Waals surface area contributed by atoms with E-state index in [0.717, 1.165) is 93.9 Å². The highest BCUT2D eigenvalue weighted by Crippen LogP contribution is 2.40. The maximum Gasteiger partial charge on any atom is 0.164 e. The van der Waals surface area contributed by atoms with Crippen LogP contribution in [0.1, 0.15) is 5.56 Å². The van der Waals surface area contributed by atoms with Crippen molar-refractivity contribution in [2.75, 3.05) is 0 Å². The van der Waals surface area contributed by atoms with Crippen molar-refractivity contribution in [3.63, 3.8) is 0 Å². The summed E-state index contributed by atoms with van der Waals surface area (Å²) in [6, 6.07) is 62.8. The second-order valence-corrected chi connectivity index (χ2v) is 14.5. The maximum absolute atomic E-state index is 6.32. The molecule has 3 heterocycles. The topological polar surface area (TPSA) is 65.0 Å². The predicted octanol–water partition coefficient (Wildman–Crippen LogP) is 14.0. The zero-order valence-electron chi connectivity index (χ0n) is 31.0. The van der Waals surface area contributed by atoms with Gasteiger partial charge in [-0.05, 0) is 82.3 Å². The van der Waals surface area contributed by atoms with Crippen LogP contribution in [-0.4, -0.2) is 15.0 Å². The fourth-order valence-corrected chi connectivity index (χ4v) is 8.05. The molecule has 268 valence electrons. The molecule has 0 N–H and O–H groups in total. The molecule has 0 bridgehead atoms. The predicted molar refractivity (Wildman–Crippen MR) is 232 cm³/mol. The van der Waals surface area contributed by atoms with E-state index >= 15 is 0 Å². The van der Waals surface area contributed by atoms with Crippen LogP contribution in [0.2, 0.25) is 0 Å². The Labute approximate surface area is 328 Å². The van der Waals surface area contributed by atoms with Gasteiger partial charge in [0.05, 0.1) is 0 Å². The first-order chi connectivity index (χ1) is 28.1. The van der Waals surface area contributed by atoms with Gasteiger partial charge in [-0.15, -0.1) is 0 Å². The number of furan rings is 2. The molecule has 0 fully saturated rings. The molecule has 8 aromatic carbocycles. The Morgan fingerprint density at radius 2 is 0.772 bits per heavy atom. The van der Waals surface area contributed by atoms with Gasteiger partial charge in [0.2, 0.25) is 0 Å². The standard InChI is InChI=1S/C52H33N3O2/c1-32-23-28-43-47(29-32)57-46-22-10-19-41(49(43)46)37-14-8-16-39(31-37)52-54-50(35-26-24-34(25-27-35)33-11-3-2-4-12-33)53-51(55-52)38-15-7-13-36(30-38)40-18-9-21-45-48(40)42-17-5-6-20-44(42)56-45/h2-31H,1H3. The summed E-state index contributed by atoms with van der Waals surface area (Å²) in [5, 5.41) is 4.37. The molecule has 11 rings (SSSR count). The summed E-state index contributed by atoms with van der Waals surface area (Å²) in [5.41, 5.74) is 13.9. The number of aryl methyl sites for hydroxylation is 1. The molecule has 0 unspecified atom stereocenters. The highest BCUT2D eigenvalue weighted by Gasteiger charge is 2.18. The van der Waals surface area contributed by atoms with Crippen molar-refractivity contribution in [2.24, 2.45) is 0 Å². The van der Waals surface area contributed by atoms with Crippen LogP contribution in [0.15, 0.2) is 191 Å². The molecule has 0 radical (unpaired) electrons. The van der Waals surface area contributed by atoms with Crippen LogP contribution in [0.4, 0.5) is 0 Å². The molecule has 0 spiro atoms. The summed E-state index contributed by atoms with van der Waals surface area (Å²) in [6.45, 7) is 2.09. The lowest BCUT2D eigenvalue weighted by molar-refractivity contribution is 0.668. The third kappa shape index (κ3) is 5.76. The first-order valence-corrected chi connectivity index (χ1v) is 19.1. The van der Waals surface area contributed by atoms with Crippen LogP contribution in [0.5, 0.6) is 0 Å². The van der Waals surface area contributed by atoms with E-state index in [4.69, 9.17) is 23.8 Å². The van der Waals surface area contributed by atoms with E-state index in [1.54, 1.807) is 0 Å². The fourth-order valence-electron chi connectivity index (χ4n) is 8.05. The van der Waals surface area contributed by atoms with Gasteiger partial charge in [0, 0.05) is 38.2 Å². The number of benzene rings is 8. The van der Waals surface area contributed by atoms with Crippen LogP contribution in [0.25, 0.3) is 111 Å². The number of hydrogen-bond donors (Lipinski definition) is 0. The first kappa shape index (κ1) is 32.8. The van der Waals surface area contributed by atoms with Crippen LogP contribution < -0.4 is 0 Å². The minimum Gasteiger partial charge on any atom is -0.456 e. The Kier molecular flexibility index (Phi) is 7.64. The summed E-state index contributed by atoms with van der Waals surface area (Å²) in [5.74, 6) is 1.79. The molecule has 0 amide bonds. The van der Waals surface area contributed by atoms with Crippen molar-refractivity contribution >= 4 is 43.9 Å². The molecule has 3 aromatic heterocycles. The van der Waals surface area contributed by atoms with Crippen molar-refractivity contribution in [1.82, 2.24) is 15.0 Å². The third-order valence-corrected chi connectivity index (χ3v) is 10.8. The quantitative estimate of drug-likeness (QED) is 0.170. The average molecular weight is 732 g/mol. The summed E-state index contributed by atoms with van der Waals surface area (Å²) < 4.78 is 12.6. The Bertz CT molecular complexity index is 3310. The molecule has 0 atom stereocenters. The summed E-state index contributed by atoms with van der Waals surface area (Å²) >= 11 is 0. The zero-order chi connectivity index (χ0) is 37.9. The summed E-state index contributed by atoms with van der Waals surface area (Å²) in [4.78, 5) is 15.5. The van der Waals surface area contributed by atoms with Gasteiger partial charge in [-0.1, -0.05) is 146 Å². The minimum absolute atomic E-state index is 0.594. The van der Waals surface area contributed by atoms with Gasteiger partial charge < -0.3 is 8.83 Å². The van der Waals surface area contributed by atoms with Crippen molar-refractivity contribution in [1.29, 1.82) is 0 Å². The van der Waals surface area contributed by atoms with E-state index in [1.807, 2.05) is 36.4 Å². The molecule has 0 saturated heterocycles. The molecule has 5 nitrogen and oxygen atoms in total. The van der Waals surface area contributed by atoms with Gasteiger partial charge in [0.15, 0.2) is 17.5 Å². The molecular weight excluding hydrogens is 699 g/mol. The van der Waals surface area contributed by atoms with E-state index in [1.165, 1.54) is 5.56 Å². The zero-order valence-corrected chi connectivity index (χ0v) is 31.0. The number of para-hydroxylation sites is 1. The highest BCUT2D eigenvalue weighted by molar-refractivity contribution is 6.13.